The molecule has 3 heterocycles. The number of hydrogen-bond donors (Lipinski definition) is 1. The number of β-lactam (4-membered cyclic amide) rings is 1. The average Bonchev–Trinajstić information content (AvgIpc) is 3.62. The molecule has 2 aliphatic heterocycles. The van der Waals surface area contributed by atoms with E-state index in [1.807, 2.05) is 60.7 Å². The molecule has 1 fully saturated rings. The third-order valence-corrected chi connectivity index (χ3v) is 8.66. The predicted molar refractivity (Wildman–Crippen MR) is 167 cm³/mol. The predicted octanol–water partition coefficient (Wildman–Crippen LogP) is 4.84. The number of ether oxygens (including phenoxy) is 2. The van der Waals surface area contributed by atoms with Gasteiger partial charge in [0.1, 0.15) is 42.4 Å². The normalized spacial score (nSPS) is 17.7. The number of rotatable bonds is 11. The van der Waals surface area contributed by atoms with Crippen LogP contribution in [0.25, 0.3) is 0 Å². The van der Waals surface area contributed by atoms with Gasteiger partial charge in [0, 0.05) is 17.4 Å². The van der Waals surface area contributed by atoms with Crippen LogP contribution in [0.4, 0.5) is 4.39 Å². The Morgan fingerprint density at radius 2 is 1.74 bits per heavy atom. The minimum absolute atomic E-state index is 0.0179. The summed E-state index contributed by atoms with van der Waals surface area (Å²) in [7, 11) is 1.29. The Morgan fingerprint density at radius 1 is 1.02 bits per heavy atom. The van der Waals surface area contributed by atoms with E-state index in [1.54, 1.807) is 18.2 Å². The second-order valence-corrected chi connectivity index (χ2v) is 11.4. The molecule has 4 aromatic rings. The van der Waals surface area contributed by atoms with E-state index in [0.29, 0.717) is 5.57 Å². The summed E-state index contributed by atoms with van der Waals surface area (Å²) in [5.74, 6) is -1.71. The maximum atomic E-state index is 14.1. The van der Waals surface area contributed by atoms with Crippen LogP contribution in [0.1, 0.15) is 23.0 Å². The van der Waals surface area contributed by atoms with Gasteiger partial charge in [-0.1, -0.05) is 71.9 Å². The first kappa shape index (κ1) is 30.7. The lowest BCUT2D eigenvalue weighted by molar-refractivity contribution is -0.154. The molecule has 46 heavy (non-hydrogen) atoms. The number of furan rings is 1. The van der Waals surface area contributed by atoms with Crippen LogP contribution in [0.2, 0.25) is 0 Å². The molecule has 2 atom stereocenters. The molecule has 0 spiro atoms. The Hall–Kier alpha value is -5.36. The van der Waals surface area contributed by atoms with E-state index < -0.39 is 41.1 Å². The van der Waals surface area contributed by atoms with E-state index in [-0.39, 0.29) is 35.3 Å². The number of esters is 1. The number of carbonyl (C=O) groups is 3. The molecular weight excluding hydrogens is 613 g/mol. The highest BCUT2D eigenvalue weighted by Crippen LogP contribution is 2.42. The van der Waals surface area contributed by atoms with E-state index in [0.717, 1.165) is 11.1 Å². The van der Waals surface area contributed by atoms with Crippen LogP contribution < -0.4 is 10.1 Å². The van der Waals surface area contributed by atoms with Gasteiger partial charge >= 0.3 is 5.97 Å². The van der Waals surface area contributed by atoms with Crippen LogP contribution >= 0.6 is 11.8 Å². The Kier molecular flexibility index (Phi) is 9.15. The first-order chi connectivity index (χ1) is 22.4. The van der Waals surface area contributed by atoms with Gasteiger partial charge in [-0.3, -0.25) is 14.5 Å². The Labute approximate surface area is 267 Å². The van der Waals surface area contributed by atoms with E-state index >= 15 is 0 Å². The first-order valence-electron chi connectivity index (χ1n) is 14.3. The maximum Gasteiger partial charge on any atom is 0.356 e. The van der Waals surface area contributed by atoms with E-state index in [4.69, 9.17) is 18.7 Å². The number of oxime groups is 1. The summed E-state index contributed by atoms with van der Waals surface area (Å²) in [6.07, 6.45) is 0.615. The van der Waals surface area contributed by atoms with Gasteiger partial charge in [0.2, 0.25) is 5.71 Å². The van der Waals surface area contributed by atoms with Gasteiger partial charge in [0.15, 0.2) is 11.9 Å². The molecule has 2 amide bonds. The van der Waals surface area contributed by atoms with Gasteiger partial charge in [-0.15, -0.1) is 11.8 Å². The number of carbonyl (C=O) groups excluding carboxylic acids is 3. The van der Waals surface area contributed by atoms with Crippen molar-refractivity contribution in [2.75, 3.05) is 19.5 Å². The van der Waals surface area contributed by atoms with Crippen molar-refractivity contribution < 1.29 is 37.5 Å². The van der Waals surface area contributed by atoms with E-state index in [1.165, 1.54) is 48.2 Å². The Balaban J connectivity index is 1.29. The number of thioether (sulfide) groups is 1. The van der Waals surface area contributed by atoms with Gasteiger partial charge in [0.05, 0.1) is 6.26 Å². The van der Waals surface area contributed by atoms with Gasteiger partial charge < -0.3 is 24.0 Å². The summed E-state index contributed by atoms with van der Waals surface area (Å²) >= 11 is 1.34. The van der Waals surface area contributed by atoms with Crippen molar-refractivity contribution in [3.8, 4) is 5.75 Å². The zero-order chi connectivity index (χ0) is 32.0. The molecule has 3 aromatic carbocycles. The second-order valence-electron chi connectivity index (χ2n) is 10.3. The fourth-order valence-electron chi connectivity index (χ4n) is 5.17. The van der Waals surface area contributed by atoms with Crippen LogP contribution in [0.3, 0.4) is 0 Å². The van der Waals surface area contributed by atoms with Crippen molar-refractivity contribution in [1.82, 2.24) is 10.2 Å². The number of fused-ring (bicyclic) bond motifs is 1. The van der Waals surface area contributed by atoms with Crippen LogP contribution in [-0.4, -0.2) is 59.3 Å². The Morgan fingerprint density at radius 3 is 2.37 bits per heavy atom. The molecule has 2 aliphatic rings. The van der Waals surface area contributed by atoms with Crippen LogP contribution in [0.5, 0.6) is 5.75 Å². The van der Waals surface area contributed by atoms with Crippen LogP contribution in [0.15, 0.2) is 124 Å². The first-order valence-corrected chi connectivity index (χ1v) is 15.3. The molecule has 234 valence electrons. The minimum atomic E-state index is -0.970. The number of halogens is 1. The number of hydrogen-bond acceptors (Lipinski definition) is 9. The van der Waals surface area contributed by atoms with Crippen molar-refractivity contribution in [3.63, 3.8) is 0 Å². The van der Waals surface area contributed by atoms with Crippen molar-refractivity contribution >= 4 is 35.3 Å². The molecule has 10 nitrogen and oxygen atoms in total. The number of benzene rings is 3. The summed E-state index contributed by atoms with van der Waals surface area (Å²) in [6, 6.07) is 26.3. The molecule has 0 radical (unpaired) electrons. The summed E-state index contributed by atoms with van der Waals surface area (Å²) in [4.78, 5) is 47.1. The number of amides is 2. The molecule has 1 N–H and O–H groups in total. The molecule has 6 rings (SSSR count). The standard InChI is InChI=1S/C34H28FN3O7S/c1-42-37-27(26-16-9-17-43-26)31(39)36-28-32(40)38-29(23(20-46-33(28)38)19-44-25-15-8-14-24(35)18-25)34(41)45-30(21-10-4-2-5-11-21)22-12-6-3-7-13-22/h2-18,28,30,33H,19-20H2,1H3,(H,36,39)/t28?,33-/m1/s1. The fraction of sp³-hybridized carbons (Fsp3) is 0.176. The van der Waals surface area contributed by atoms with Gasteiger partial charge in [0.25, 0.3) is 11.8 Å². The van der Waals surface area contributed by atoms with Gasteiger partial charge in [-0.25, -0.2) is 9.18 Å². The van der Waals surface area contributed by atoms with Crippen LogP contribution in [-0.2, 0) is 24.0 Å². The second kappa shape index (κ2) is 13.7. The number of nitrogens with zero attached hydrogens (tertiary/aromatic N) is 2. The summed E-state index contributed by atoms with van der Waals surface area (Å²) in [6.45, 7) is -0.0983. The monoisotopic (exact) mass is 641 g/mol. The van der Waals surface area contributed by atoms with Gasteiger partial charge in [-0.2, -0.15) is 0 Å². The summed E-state index contributed by atoms with van der Waals surface area (Å²) < 4.78 is 31.1. The van der Waals surface area contributed by atoms with Crippen molar-refractivity contribution in [2.45, 2.75) is 17.5 Å². The lowest BCUT2D eigenvalue weighted by Gasteiger charge is -2.49. The SMILES string of the molecule is CON=C(C(=O)NC1C(=O)N2C(C(=O)OC(c3ccccc3)c3ccccc3)=C(COc3cccc(F)c3)CS[C@H]12)c1ccco1. The highest BCUT2D eigenvalue weighted by molar-refractivity contribution is 8.00. The third-order valence-electron chi connectivity index (χ3n) is 7.32. The summed E-state index contributed by atoms with van der Waals surface area (Å²) in [5.41, 5.74) is 1.83. The molecule has 1 aromatic heterocycles. The van der Waals surface area contributed by atoms with Gasteiger partial charge in [-0.05, 0) is 35.4 Å². The Bertz CT molecular complexity index is 1740. The fourth-order valence-corrected chi connectivity index (χ4v) is 6.50. The molecule has 12 heteroatoms. The number of nitrogens with one attached hydrogen (secondary N) is 1. The maximum absolute atomic E-state index is 14.1. The lowest BCUT2D eigenvalue weighted by Crippen LogP contribution is -2.71. The van der Waals surface area contributed by atoms with Crippen LogP contribution in [0, 0.1) is 5.82 Å². The van der Waals surface area contributed by atoms with E-state index in [9.17, 15) is 18.8 Å². The molecular formula is C34H28FN3O7S. The highest BCUT2D eigenvalue weighted by Gasteiger charge is 2.55. The molecule has 0 bridgehead atoms. The molecule has 1 saturated heterocycles. The quantitative estimate of drug-likeness (QED) is 0.107. The smallest absolute Gasteiger partial charge is 0.356 e. The largest absolute Gasteiger partial charge is 0.489 e. The topological polar surface area (TPSA) is 120 Å². The van der Waals surface area contributed by atoms with Crippen molar-refractivity contribution in [1.29, 1.82) is 0 Å². The highest BCUT2D eigenvalue weighted by atomic mass is 32.2. The summed E-state index contributed by atoms with van der Waals surface area (Å²) in [5, 5.41) is 5.84. The zero-order valence-corrected chi connectivity index (χ0v) is 25.3. The third kappa shape index (κ3) is 6.38. The van der Waals surface area contributed by atoms with Crippen molar-refractivity contribution in [2.24, 2.45) is 5.16 Å². The van der Waals surface area contributed by atoms with Crippen molar-refractivity contribution in [3.05, 3.63) is 137 Å². The zero-order valence-electron chi connectivity index (χ0n) is 24.5. The lowest BCUT2D eigenvalue weighted by atomic mass is 10.0. The minimum Gasteiger partial charge on any atom is -0.489 e. The molecule has 1 unspecified atom stereocenters. The molecule has 0 saturated carbocycles. The average molecular weight is 642 g/mol. The van der Waals surface area contributed by atoms with E-state index in [2.05, 4.69) is 10.5 Å². The molecule has 0 aliphatic carbocycles.